The van der Waals surface area contributed by atoms with Crippen LogP contribution in [0.3, 0.4) is 0 Å². The van der Waals surface area contributed by atoms with Gasteiger partial charge in [0.1, 0.15) is 0 Å². The topological polar surface area (TPSA) is 57.5 Å². The molecule has 0 unspecified atom stereocenters. The molecule has 0 heterocycles. The monoisotopic (exact) mass is 216 g/mol. The van der Waals surface area contributed by atoms with E-state index in [2.05, 4.69) is 0 Å². The molecule has 0 amide bonds. The summed E-state index contributed by atoms with van der Waals surface area (Å²) in [4.78, 5) is 16.5. The molecule has 2 N–H and O–H groups in total. The van der Waals surface area contributed by atoms with Gasteiger partial charge in [0.05, 0.1) is 0 Å². The highest BCUT2D eigenvalue weighted by Gasteiger charge is 2.09. The van der Waals surface area contributed by atoms with Gasteiger partial charge in [-0.1, -0.05) is 49.7 Å². The number of hydrogen-bond acceptors (Lipinski definition) is 1. The molecule has 80 valence electrons. The van der Waals surface area contributed by atoms with Gasteiger partial charge in [0.25, 0.3) is 0 Å². The molecule has 0 saturated carbocycles. The summed E-state index contributed by atoms with van der Waals surface area (Å²) in [6.45, 7) is 1.90. The Labute approximate surface area is 84.9 Å². The molecule has 0 aliphatic carbocycles. The Bertz CT molecular complexity index is 229. The second-order valence-corrected chi connectivity index (χ2v) is 4.67. The third-order valence-corrected chi connectivity index (χ3v) is 2.37. The molecule has 1 aromatic rings. The number of rotatable bonds is 3. The molecular formula is C10H17O3P. The summed E-state index contributed by atoms with van der Waals surface area (Å²) in [5.41, 5.74) is 0. The van der Waals surface area contributed by atoms with E-state index in [1.54, 1.807) is 0 Å². The van der Waals surface area contributed by atoms with E-state index in [0.717, 1.165) is 6.42 Å². The first-order chi connectivity index (χ1) is 6.56. The second-order valence-electron chi connectivity index (χ2n) is 2.90. The Hall–Kier alpha value is -0.630. The Kier molecular flexibility index (Phi) is 7.40. The van der Waals surface area contributed by atoms with E-state index in [-0.39, 0.29) is 6.16 Å². The largest absolute Gasteiger partial charge is 0.325 e. The Balaban J connectivity index is 0.000000249. The lowest BCUT2D eigenvalue weighted by molar-refractivity contribution is 0.371. The van der Waals surface area contributed by atoms with Crippen molar-refractivity contribution in [2.45, 2.75) is 19.8 Å². The molecule has 0 spiro atoms. The van der Waals surface area contributed by atoms with Crippen LogP contribution in [-0.4, -0.2) is 15.9 Å². The quantitative estimate of drug-likeness (QED) is 0.763. The van der Waals surface area contributed by atoms with E-state index in [0.29, 0.717) is 6.42 Å². The first-order valence-electron chi connectivity index (χ1n) is 4.61. The minimum absolute atomic E-state index is 0.0312. The lowest BCUT2D eigenvalue weighted by atomic mass is 10.4. The zero-order chi connectivity index (χ0) is 10.9. The molecule has 3 nitrogen and oxygen atoms in total. The van der Waals surface area contributed by atoms with Crippen molar-refractivity contribution in [2.24, 2.45) is 0 Å². The molecule has 1 aromatic carbocycles. The first-order valence-corrected chi connectivity index (χ1v) is 6.40. The van der Waals surface area contributed by atoms with Crippen LogP contribution in [0.1, 0.15) is 19.8 Å². The van der Waals surface area contributed by atoms with E-state index in [4.69, 9.17) is 9.79 Å². The van der Waals surface area contributed by atoms with Gasteiger partial charge >= 0.3 is 7.60 Å². The van der Waals surface area contributed by atoms with Gasteiger partial charge in [-0.25, -0.2) is 0 Å². The Morgan fingerprint density at radius 1 is 1.00 bits per heavy atom. The average Bonchev–Trinajstić information content (AvgIpc) is 2.17. The summed E-state index contributed by atoms with van der Waals surface area (Å²) >= 11 is 0. The summed E-state index contributed by atoms with van der Waals surface area (Å²) < 4.78 is 10.1. The molecule has 0 radical (unpaired) electrons. The van der Waals surface area contributed by atoms with Gasteiger partial charge in [-0.2, -0.15) is 0 Å². The van der Waals surface area contributed by atoms with E-state index in [1.165, 1.54) is 0 Å². The van der Waals surface area contributed by atoms with Crippen molar-refractivity contribution in [1.82, 2.24) is 0 Å². The van der Waals surface area contributed by atoms with Crippen molar-refractivity contribution in [2.75, 3.05) is 6.16 Å². The zero-order valence-electron chi connectivity index (χ0n) is 8.34. The van der Waals surface area contributed by atoms with Gasteiger partial charge in [-0.15, -0.1) is 0 Å². The van der Waals surface area contributed by atoms with Crippen LogP contribution in [0.5, 0.6) is 0 Å². The van der Waals surface area contributed by atoms with E-state index >= 15 is 0 Å². The van der Waals surface area contributed by atoms with Crippen molar-refractivity contribution < 1.29 is 14.4 Å². The maximum absolute atomic E-state index is 10.1. The summed E-state index contributed by atoms with van der Waals surface area (Å²) in [5.74, 6) is 0. The number of benzene rings is 1. The van der Waals surface area contributed by atoms with E-state index < -0.39 is 7.60 Å². The maximum Gasteiger partial charge on any atom is 0.325 e. The van der Waals surface area contributed by atoms with E-state index in [1.807, 2.05) is 43.3 Å². The predicted octanol–water partition coefficient (Wildman–Crippen LogP) is 2.65. The van der Waals surface area contributed by atoms with Crippen LogP contribution in [0.2, 0.25) is 0 Å². The summed E-state index contributed by atoms with van der Waals surface area (Å²) in [7, 11) is -3.68. The van der Waals surface area contributed by atoms with Gasteiger partial charge in [0.15, 0.2) is 0 Å². The van der Waals surface area contributed by atoms with Crippen molar-refractivity contribution in [1.29, 1.82) is 0 Å². The van der Waals surface area contributed by atoms with Gasteiger partial charge in [-0.05, 0) is 6.42 Å². The van der Waals surface area contributed by atoms with Crippen molar-refractivity contribution in [3.8, 4) is 0 Å². The third-order valence-electron chi connectivity index (χ3n) is 1.47. The molecule has 14 heavy (non-hydrogen) atoms. The first kappa shape index (κ1) is 13.4. The molecular weight excluding hydrogens is 199 g/mol. The molecule has 0 aliphatic rings. The van der Waals surface area contributed by atoms with Crippen LogP contribution in [0.15, 0.2) is 36.4 Å². The second kappa shape index (κ2) is 7.74. The van der Waals surface area contributed by atoms with Crippen LogP contribution in [-0.2, 0) is 4.57 Å². The molecule has 0 atom stereocenters. The minimum atomic E-state index is -3.68. The lowest BCUT2D eigenvalue weighted by Gasteiger charge is -1.98. The summed E-state index contributed by atoms with van der Waals surface area (Å²) in [6, 6.07) is 12.0. The highest BCUT2D eigenvalue weighted by Crippen LogP contribution is 2.34. The Morgan fingerprint density at radius 2 is 1.36 bits per heavy atom. The molecule has 4 heteroatoms. The van der Waals surface area contributed by atoms with Gasteiger partial charge in [-0.3, -0.25) is 4.57 Å². The third kappa shape index (κ3) is 11.4. The summed E-state index contributed by atoms with van der Waals surface area (Å²) in [6.07, 6.45) is 1.49. The maximum atomic E-state index is 10.1. The summed E-state index contributed by atoms with van der Waals surface area (Å²) in [5, 5.41) is 0. The molecule has 0 fully saturated rings. The van der Waals surface area contributed by atoms with Crippen LogP contribution in [0, 0.1) is 0 Å². The average molecular weight is 216 g/mol. The number of hydrogen-bond donors (Lipinski definition) is 2. The van der Waals surface area contributed by atoms with Gasteiger partial charge in [0.2, 0.25) is 0 Å². The fourth-order valence-corrected chi connectivity index (χ4v) is 1.48. The van der Waals surface area contributed by atoms with Crippen LogP contribution in [0.25, 0.3) is 0 Å². The predicted molar refractivity (Wildman–Crippen MR) is 58.3 cm³/mol. The van der Waals surface area contributed by atoms with Crippen molar-refractivity contribution >= 4 is 7.60 Å². The number of unbranched alkanes of at least 4 members (excludes halogenated alkanes) is 1. The normalized spacial score (nSPS) is 10.2. The van der Waals surface area contributed by atoms with Crippen LogP contribution in [0.4, 0.5) is 0 Å². The highest BCUT2D eigenvalue weighted by molar-refractivity contribution is 7.51. The highest BCUT2D eigenvalue weighted by atomic mass is 31.2. The minimum Gasteiger partial charge on any atom is -0.324 e. The van der Waals surface area contributed by atoms with Crippen molar-refractivity contribution in [3.05, 3.63) is 36.4 Å². The van der Waals surface area contributed by atoms with E-state index in [9.17, 15) is 4.57 Å². The van der Waals surface area contributed by atoms with Crippen molar-refractivity contribution in [3.63, 3.8) is 0 Å². The fourth-order valence-electron chi connectivity index (χ4n) is 0.749. The van der Waals surface area contributed by atoms with Gasteiger partial charge in [0, 0.05) is 6.16 Å². The molecule has 1 rings (SSSR count). The molecule has 0 aliphatic heterocycles. The standard InChI is InChI=1S/C6H6.C4H11O3P/c1-2-4-6-5-3-1;1-2-3-4-8(5,6)7/h1-6H;2-4H2,1H3,(H2,5,6,7). The fraction of sp³-hybridized carbons (Fsp3) is 0.400. The molecule has 0 aromatic heterocycles. The zero-order valence-corrected chi connectivity index (χ0v) is 9.23. The van der Waals surface area contributed by atoms with Crippen LogP contribution >= 0.6 is 7.60 Å². The molecule has 0 bridgehead atoms. The smallest absolute Gasteiger partial charge is 0.324 e. The Morgan fingerprint density at radius 3 is 1.50 bits per heavy atom. The lowest BCUT2D eigenvalue weighted by Crippen LogP contribution is -1.84. The van der Waals surface area contributed by atoms with Crippen LogP contribution < -0.4 is 0 Å². The van der Waals surface area contributed by atoms with Gasteiger partial charge < -0.3 is 9.79 Å². The molecule has 0 saturated heterocycles. The SMILES string of the molecule is CCCCP(=O)(O)O.c1ccccc1.